The molecule has 0 saturated heterocycles. The van der Waals surface area contributed by atoms with Gasteiger partial charge in [0.1, 0.15) is 51.1 Å². The van der Waals surface area contributed by atoms with Crippen LogP contribution >= 0.6 is 0 Å². The Morgan fingerprint density at radius 2 is 0.612 bits per heavy atom. The number of hydrogen-bond donors (Lipinski definition) is 8. The van der Waals surface area contributed by atoms with Crippen LogP contribution in [0, 0.1) is 0 Å². The molecule has 0 amide bonds. The number of anilines is 7. The van der Waals surface area contributed by atoms with E-state index in [1.807, 2.05) is 266 Å². The zero-order valence-corrected chi connectivity index (χ0v) is 76.8. The predicted molar refractivity (Wildman–Crippen MR) is 572 cm³/mol. The first-order chi connectivity index (χ1) is 59.7. The molecule has 0 spiro atoms. The van der Waals surface area contributed by atoms with Gasteiger partial charge >= 0.3 is 0 Å². The van der Waals surface area contributed by atoms with E-state index < -0.39 is 0 Å². The number of pyridine rings is 6. The molecule has 0 atom stereocenters. The van der Waals surface area contributed by atoms with Crippen LogP contribution in [0.15, 0.2) is 207 Å². The number of aryl methyl sites for hydroxylation is 4. The molecule has 21 heteroatoms. The van der Waals surface area contributed by atoms with Gasteiger partial charge in [0.2, 0.25) is 5.88 Å². The van der Waals surface area contributed by atoms with E-state index >= 15 is 0 Å². The maximum Gasteiger partial charge on any atom is 0.237 e. The van der Waals surface area contributed by atoms with Crippen LogP contribution in [0.3, 0.4) is 0 Å². The minimum absolute atomic E-state index is 0. The first-order valence-electron chi connectivity index (χ1n) is 44.9. The molecule has 4 aromatic carbocycles. The molecule has 0 fully saturated rings. The molecule has 0 unspecified atom stereocenters. The van der Waals surface area contributed by atoms with E-state index in [1.165, 1.54) is 84.3 Å². The highest BCUT2D eigenvalue weighted by Crippen LogP contribution is 2.31. The average Bonchev–Trinajstić information content (AvgIpc) is 0.957. The molecule has 0 saturated carbocycles. The number of nitrogens with one attached hydrogen (secondary N) is 8. The van der Waals surface area contributed by atoms with E-state index in [0.717, 1.165) is 167 Å². The minimum Gasteiger partial charge on any atom is -0.493 e. The Labute approximate surface area is 790 Å². The van der Waals surface area contributed by atoms with Gasteiger partial charge in [-0.1, -0.05) is 278 Å². The Bertz CT molecular complexity index is 2960. The van der Waals surface area contributed by atoms with Crippen LogP contribution in [-0.2, 0) is 38.6 Å². The largest absolute Gasteiger partial charge is 0.493 e. The number of benzene rings is 4. The number of para-hydroxylation sites is 6. The molecule has 21 nitrogen and oxygen atoms in total. The lowest BCUT2D eigenvalue weighted by atomic mass is 9.96. The third-order valence-electron chi connectivity index (χ3n) is 16.6. The van der Waals surface area contributed by atoms with Crippen molar-refractivity contribution in [1.82, 2.24) is 35.2 Å². The molecule has 129 heavy (non-hydrogen) atoms. The van der Waals surface area contributed by atoms with Gasteiger partial charge in [0.25, 0.3) is 0 Å². The van der Waals surface area contributed by atoms with E-state index in [-0.39, 0.29) is 66.8 Å². The summed E-state index contributed by atoms with van der Waals surface area (Å²) in [5.74, 6) is 7.04. The summed E-state index contributed by atoms with van der Waals surface area (Å²) in [5.41, 5.74) is 15.0. The quantitative estimate of drug-likeness (QED) is 0.0704. The highest BCUT2D eigenvalue weighted by atomic mass is 16.6. The second kappa shape index (κ2) is 94.5. The number of fused-ring (bicyclic) bond motifs is 10. The fourth-order valence-corrected chi connectivity index (χ4v) is 11.6. The van der Waals surface area contributed by atoms with Gasteiger partial charge in [-0.3, -0.25) is 19.9 Å². The molecule has 732 valence electrons. The molecule has 15 heterocycles. The molecule has 0 radical (unpaired) electrons. The van der Waals surface area contributed by atoms with Crippen LogP contribution in [-0.4, -0.2) is 129 Å². The third-order valence-corrected chi connectivity index (χ3v) is 16.6. The first-order valence-corrected chi connectivity index (χ1v) is 44.9. The number of rotatable bonds is 0. The molecule has 1 aliphatic carbocycles. The van der Waals surface area contributed by atoms with Crippen molar-refractivity contribution in [3.63, 3.8) is 0 Å². The maximum atomic E-state index is 5.42. The van der Waals surface area contributed by atoms with Gasteiger partial charge in [0.15, 0.2) is 28.8 Å². The van der Waals surface area contributed by atoms with Crippen molar-refractivity contribution in [1.29, 1.82) is 0 Å². The number of ether oxygens (including phenoxy) is 7. The van der Waals surface area contributed by atoms with Gasteiger partial charge in [-0.05, 0) is 159 Å². The van der Waals surface area contributed by atoms with Crippen molar-refractivity contribution < 1.29 is 33.2 Å². The molecule has 10 aliphatic rings. The standard InChI is InChI=1S/2C9H11N.C9H10O.C8H10N2.C8H9NO.C8H8O2.C7H9N3.3C7H8N2O.10C2H6.9CH4/c3*1-2-6-9-8(4-1)5-3-7-10-9;1-2-7-6-9-5-3-8(7)10-4-1;2*1-2-4-8-7(3-1)9-5-6-10-8;2*1-2-8-5-7-6(1)9-3-4-10-7;1-2-6-7(9-3-1)10-5-4-8-6;1-2-6-7(8-3-1)9-4-5-10-6;10*1-2;;;;;;;;;/h3,5,7H,1-2,4,6H2;1-2,4,6,10H,3,5,7H2;1-2,4,6H,3,5,7H2;1-2,4,9H,3,5-6H2;1-4,9H,5-6H2;1-4H,5-6H2;1-2,5,9-10H,3-4H2;1-2,5,9H,3-4H2;1-3,8H,4-5H2;1-3H,4-5H2,(H,8,9);10*1-2H3;9*1H4. The highest BCUT2D eigenvalue weighted by molar-refractivity contribution is 5.69. The van der Waals surface area contributed by atoms with Gasteiger partial charge in [-0.2, -0.15) is 0 Å². The topological polar surface area (TPSA) is 238 Å². The minimum atomic E-state index is 0. The lowest BCUT2D eigenvalue weighted by Crippen LogP contribution is -2.24. The highest BCUT2D eigenvalue weighted by Gasteiger charge is 2.14. The molecule has 0 bridgehead atoms. The SMILES string of the molecule is C.C.C.C.C.C.C.C.C.CC.CC.CC.CC.CC.CC.CC.CC.CC.CC.c1cc2c(cn1)NCCN2.c1cc2c(cn1)OCCN2.c1ccc2c(c1)CCCN2.c1ccc2c(c1)CCCO2.c1ccc2c(c1)NCCO2.c1ccc2c(c1)OCCO2.c1cnc2c(c1)CCCC2.c1cnc2c(c1)CNCC2.c1cnc2c(c1)NCCO2.c1cnc2c(c1)OCCN2. The second-order valence-corrected chi connectivity index (χ2v) is 23.7. The summed E-state index contributed by atoms with van der Waals surface area (Å²) in [5, 5.41) is 25.9. The van der Waals surface area contributed by atoms with Crippen LogP contribution in [0.4, 0.5) is 39.9 Å². The Kier molecular flexibility index (Phi) is 99.6. The second-order valence-electron chi connectivity index (χ2n) is 23.7. The van der Waals surface area contributed by atoms with Crippen LogP contribution in [0.2, 0.25) is 0 Å². The zero-order valence-electron chi connectivity index (χ0n) is 76.8. The zero-order chi connectivity index (χ0) is 88.1. The van der Waals surface area contributed by atoms with E-state index in [2.05, 4.69) is 121 Å². The normalized spacial score (nSPS) is 12.3. The summed E-state index contributed by atoms with van der Waals surface area (Å²) in [7, 11) is 0. The van der Waals surface area contributed by atoms with Crippen LogP contribution < -0.4 is 75.7 Å². The van der Waals surface area contributed by atoms with E-state index in [1.54, 1.807) is 31.0 Å². The summed E-state index contributed by atoms with van der Waals surface area (Å²) in [6, 6.07) is 52.3. The Morgan fingerprint density at radius 1 is 0.225 bits per heavy atom. The van der Waals surface area contributed by atoms with Crippen LogP contribution in [0.1, 0.15) is 265 Å². The van der Waals surface area contributed by atoms with E-state index in [9.17, 15) is 0 Å². The summed E-state index contributed by atoms with van der Waals surface area (Å²) >= 11 is 0. The van der Waals surface area contributed by atoms with E-state index in [0.29, 0.717) is 25.7 Å². The van der Waals surface area contributed by atoms with Crippen molar-refractivity contribution in [3.05, 3.63) is 241 Å². The summed E-state index contributed by atoms with van der Waals surface area (Å²) in [4.78, 5) is 24.6. The predicted octanol–water partition coefficient (Wildman–Crippen LogP) is 29.3. The summed E-state index contributed by atoms with van der Waals surface area (Å²) in [6.45, 7) is 53.9. The first kappa shape index (κ1) is 136. The molecular formula is C108H188N14O7. The third kappa shape index (κ3) is 54.1. The maximum absolute atomic E-state index is 5.42. The number of aromatic nitrogens is 6. The fraction of sp³-hybridized carbons (Fsp3) is 0.500. The van der Waals surface area contributed by atoms with Crippen LogP contribution in [0.5, 0.6) is 40.4 Å². The van der Waals surface area contributed by atoms with E-state index in [4.69, 9.17) is 33.2 Å². The number of nitrogens with zero attached hydrogens (tertiary/aromatic N) is 6. The Balaban J connectivity index is -0.000000172. The van der Waals surface area contributed by atoms with Crippen molar-refractivity contribution >= 4 is 39.9 Å². The van der Waals surface area contributed by atoms with Crippen molar-refractivity contribution in [2.24, 2.45) is 0 Å². The van der Waals surface area contributed by atoms with Crippen molar-refractivity contribution in [2.75, 3.05) is 136 Å². The molecule has 10 aromatic rings. The molecule has 20 rings (SSSR count). The molecule has 9 aliphatic heterocycles. The van der Waals surface area contributed by atoms with Gasteiger partial charge in [-0.15, -0.1) is 0 Å². The monoisotopic (exact) mass is 1790 g/mol. The Morgan fingerprint density at radius 3 is 1.17 bits per heavy atom. The van der Waals surface area contributed by atoms with Crippen LogP contribution in [0.25, 0.3) is 0 Å². The molecule has 8 N–H and O–H groups in total. The van der Waals surface area contributed by atoms with Crippen molar-refractivity contribution in [2.45, 2.75) is 270 Å². The summed E-state index contributed by atoms with van der Waals surface area (Å²) in [6.07, 6.45) is 25.4. The lowest BCUT2D eigenvalue weighted by molar-refractivity contribution is 0.171. The summed E-state index contributed by atoms with van der Waals surface area (Å²) < 4.78 is 37.2. The lowest BCUT2D eigenvalue weighted by Gasteiger charge is -2.18. The molecular weight excluding hydrogens is 1610 g/mol. The Hall–Kier alpha value is -11.1. The smallest absolute Gasteiger partial charge is 0.237 e. The van der Waals surface area contributed by atoms with Gasteiger partial charge < -0.3 is 75.7 Å². The van der Waals surface area contributed by atoms with Gasteiger partial charge in [0.05, 0.1) is 54.0 Å². The van der Waals surface area contributed by atoms with Gasteiger partial charge in [0, 0.05) is 113 Å². The molecule has 6 aromatic heterocycles. The van der Waals surface area contributed by atoms with Crippen molar-refractivity contribution in [3.8, 4) is 40.4 Å². The van der Waals surface area contributed by atoms with Gasteiger partial charge in [-0.25, -0.2) is 9.97 Å². The number of hydrogen-bond acceptors (Lipinski definition) is 21. The average molecular weight is 1790 g/mol. The fourth-order valence-electron chi connectivity index (χ4n) is 11.6.